The van der Waals surface area contributed by atoms with Gasteiger partial charge in [0.25, 0.3) is 0 Å². The molecule has 1 N–H and O–H groups in total. The van der Waals surface area contributed by atoms with Gasteiger partial charge in [0, 0.05) is 38.3 Å². The molecule has 1 aliphatic rings. The highest BCUT2D eigenvalue weighted by atomic mass is 16.2. The first-order chi connectivity index (χ1) is 13.1. The number of hydrogen-bond donors (Lipinski definition) is 1. The van der Waals surface area contributed by atoms with Gasteiger partial charge in [-0.05, 0) is 31.0 Å². The number of hydrogen-bond acceptors (Lipinski definition) is 3. The molecule has 0 unspecified atom stereocenters. The first kappa shape index (κ1) is 19.1. The highest BCUT2D eigenvalue weighted by Gasteiger charge is 2.22. The van der Waals surface area contributed by atoms with Crippen LogP contribution in [-0.2, 0) is 16.0 Å². The molecule has 0 spiro atoms. The minimum Gasteiger partial charge on any atom is -0.340 e. The molecule has 2 amide bonds. The normalized spacial score (nSPS) is 14.8. The number of amides is 2. The molecule has 27 heavy (non-hydrogen) atoms. The zero-order valence-electron chi connectivity index (χ0n) is 15.9. The Morgan fingerprint density at radius 3 is 2.26 bits per heavy atom. The third kappa shape index (κ3) is 5.93. The molecular weight excluding hydrogens is 338 g/mol. The molecule has 1 aliphatic heterocycles. The van der Waals surface area contributed by atoms with Crippen LogP contribution >= 0.6 is 0 Å². The zero-order valence-corrected chi connectivity index (χ0v) is 15.9. The van der Waals surface area contributed by atoms with Gasteiger partial charge in [-0.2, -0.15) is 0 Å². The number of benzene rings is 2. The number of carbonyl (C=O) groups is 2. The fraction of sp³-hybridized carbons (Fsp3) is 0.364. The van der Waals surface area contributed by atoms with Gasteiger partial charge in [0.15, 0.2) is 0 Å². The quantitative estimate of drug-likeness (QED) is 0.856. The van der Waals surface area contributed by atoms with Crippen LogP contribution in [0.2, 0.25) is 0 Å². The van der Waals surface area contributed by atoms with Crippen LogP contribution in [0.1, 0.15) is 17.5 Å². The van der Waals surface area contributed by atoms with Crippen LogP contribution < -0.4 is 5.32 Å². The molecule has 3 rings (SSSR count). The first-order valence-electron chi connectivity index (χ1n) is 9.51. The lowest BCUT2D eigenvalue weighted by Crippen LogP contribution is -2.50. The summed E-state index contributed by atoms with van der Waals surface area (Å²) in [7, 11) is 0. The minimum atomic E-state index is -0.0114. The third-order valence-electron chi connectivity index (χ3n) is 4.90. The predicted octanol–water partition coefficient (Wildman–Crippen LogP) is 2.71. The van der Waals surface area contributed by atoms with Crippen LogP contribution in [0.5, 0.6) is 0 Å². The average molecular weight is 365 g/mol. The van der Waals surface area contributed by atoms with E-state index in [0.717, 1.165) is 25.2 Å². The van der Waals surface area contributed by atoms with Gasteiger partial charge >= 0.3 is 0 Å². The van der Waals surface area contributed by atoms with Crippen molar-refractivity contribution in [3.8, 4) is 0 Å². The summed E-state index contributed by atoms with van der Waals surface area (Å²) in [5.74, 6) is 0.185. The Morgan fingerprint density at radius 2 is 1.59 bits per heavy atom. The van der Waals surface area contributed by atoms with E-state index < -0.39 is 0 Å². The van der Waals surface area contributed by atoms with Crippen LogP contribution in [0.3, 0.4) is 0 Å². The summed E-state index contributed by atoms with van der Waals surface area (Å²) in [6, 6.07) is 17.9. The van der Waals surface area contributed by atoms with Gasteiger partial charge in [0.2, 0.25) is 11.8 Å². The maximum atomic E-state index is 12.4. The van der Waals surface area contributed by atoms with E-state index in [1.165, 1.54) is 11.1 Å². The lowest BCUT2D eigenvalue weighted by molar-refractivity contribution is -0.133. The van der Waals surface area contributed by atoms with Crippen molar-refractivity contribution >= 4 is 17.5 Å². The molecule has 0 saturated carbocycles. The molecule has 0 atom stereocenters. The Balaban J connectivity index is 1.38. The van der Waals surface area contributed by atoms with Crippen molar-refractivity contribution in [3.63, 3.8) is 0 Å². The Bertz CT molecular complexity index is 751. The van der Waals surface area contributed by atoms with Gasteiger partial charge in [0.1, 0.15) is 0 Å². The molecule has 142 valence electrons. The summed E-state index contributed by atoms with van der Waals surface area (Å²) < 4.78 is 0. The number of carbonyl (C=O) groups excluding carboxylic acids is 2. The standard InChI is InChI=1S/C22H27N3O2/c1-18-7-10-20(11-8-18)23-21(26)17-24-13-15-25(16-14-24)22(27)12-9-19-5-3-2-4-6-19/h2-8,10-11H,9,12-17H2,1H3,(H,23,26). The zero-order chi connectivity index (χ0) is 19.1. The van der Waals surface area contributed by atoms with Gasteiger partial charge < -0.3 is 10.2 Å². The Morgan fingerprint density at radius 1 is 0.926 bits per heavy atom. The van der Waals surface area contributed by atoms with E-state index >= 15 is 0 Å². The fourth-order valence-corrected chi connectivity index (χ4v) is 3.25. The van der Waals surface area contributed by atoms with Crippen molar-refractivity contribution < 1.29 is 9.59 Å². The largest absolute Gasteiger partial charge is 0.340 e. The number of piperazine rings is 1. The molecule has 0 aliphatic carbocycles. The maximum absolute atomic E-state index is 12.4. The highest BCUT2D eigenvalue weighted by molar-refractivity contribution is 5.92. The van der Waals surface area contributed by atoms with E-state index in [4.69, 9.17) is 0 Å². The lowest BCUT2D eigenvalue weighted by Gasteiger charge is -2.34. The second kappa shape index (κ2) is 9.33. The molecule has 0 bridgehead atoms. The summed E-state index contributed by atoms with van der Waals surface area (Å²) in [5.41, 5.74) is 3.18. The van der Waals surface area contributed by atoms with E-state index in [0.29, 0.717) is 26.1 Å². The molecule has 1 heterocycles. The topological polar surface area (TPSA) is 52.7 Å². The third-order valence-corrected chi connectivity index (χ3v) is 4.90. The van der Waals surface area contributed by atoms with Crippen LogP contribution in [0.4, 0.5) is 5.69 Å². The summed E-state index contributed by atoms with van der Waals surface area (Å²) in [6.45, 7) is 5.22. The van der Waals surface area contributed by atoms with Crippen molar-refractivity contribution in [2.45, 2.75) is 19.8 Å². The van der Waals surface area contributed by atoms with Crippen LogP contribution in [-0.4, -0.2) is 54.3 Å². The molecule has 5 nitrogen and oxygen atoms in total. The summed E-state index contributed by atoms with van der Waals surface area (Å²) in [4.78, 5) is 28.6. The summed E-state index contributed by atoms with van der Waals surface area (Å²) >= 11 is 0. The van der Waals surface area contributed by atoms with E-state index in [-0.39, 0.29) is 11.8 Å². The number of nitrogens with one attached hydrogen (secondary N) is 1. The number of aryl methyl sites for hydroxylation is 2. The lowest BCUT2D eigenvalue weighted by atomic mass is 10.1. The molecule has 0 radical (unpaired) electrons. The van der Waals surface area contributed by atoms with E-state index in [1.54, 1.807) is 0 Å². The molecule has 5 heteroatoms. The predicted molar refractivity (Wildman–Crippen MR) is 108 cm³/mol. The Labute approximate surface area is 161 Å². The van der Waals surface area contributed by atoms with Gasteiger partial charge in [-0.25, -0.2) is 0 Å². The molecule has 2 aromatic carbocycles. The van der Waals surface area contributed by atoms with Gasteiger partial charge in [-0.3, -0.25) is 14.5 Å². The summed E-state index contributed by atoms with van der Waals surface area (Å²) in [6.07, 6.45) is 1.32. The van der Waals surface area contributed by atoms with E-state index in [9.17, 15) is 9.59 Å². The van der Waals surface area contributed by atoms with Crippen molar-refractivity contribution in [1.82, 2.24) is 9.80 Å². The van der Waals surface area contributed by atoms with Gasteiger partial charge in [-0.15, -0.1) is 0 Å². The van der Waals surface area contributed by atoms with Crippen LogP contribution in [0.15, 0.2) is 54.6 Å². The number of rotatable bonds is 6. The smallest absolute Gasteiger partial charge is 0.238 e. The average Bonchev–Trinajstić information content (AvgIpc) is 2.69. The van der Waals surface area contributed by atoms with E-state index in [2.05, 4.69) is 22.3 Å². The van der Waals surface area contributed by atoms with Crippen molar-refractivity contribution in [2.24, 2.45) is 0 Å². The first-order valence-corrected chi connectivity index (χ1v) is 9.51. The molecule has 1 fully saturated rings. The van der Waals surface area contributed by atoms with Gasteiger partial charge in [0.05, 0.1) is 6.54 Å². The monoisotopic (exact) mass is 365 g/mol. The number of nitrogens with zero attached hydrogens (tertiary/aromatic N) is 2. The molecule has 0 aromatic heterocycles. The molecule has 1 saturated heterocycles. The van der Waals surface area contributed by atoms with Gasteiger partial charge in [-0.1, -0.05) is 48.0 Å². The van der Waals surface area contributed by atoms with E-state index in [1.807, 2.05) is 54.3 Å². The maximum Gasteiger partial charge on any atom is 0.238 e. The number of anilines is 1. The highest BCUT2D eigenvalue weighted by Crippen LogP contribution is 2.10. The fourth-order valence-electron chi connectivity index (χ4n) is 3.25. The Kier molecular flexibility index (Phi) is 6.60. The van der Waals surface area contributed by atoms with Crippen molar-refractivity contribution in [3.05, 3.63) is 65.7 Å². The Hall–Kier alpha value is -2.66. The molecular formula is C22H27N3O2. The second-order valence-corrected chi connectivity index (χ2v) is 7.06. The van der Waals surface area contributed by atoms with Crippen molar-refractivity contribution in [2.75, 3.05) is 38.0 Å². The summed E-state index contributed by atoms with van der Waals surface area (Å²) in [5, 5.41) is 2.93. The SMILES string of the molecule is Cc1ccc(NC(=O)CN2CCN(C(=O)CCc3ccccc3)CC2)cc1. The van der Waals surface area contributed by atoms with Crippen LogP contribution in [0, 0.1) is 6.92 Å². The molecule has 2 aromatic rings. The second-order valence-electron chi connectivity index (χ2n) is 7.06. The van der Waals surface area contributed by atoms with Crippen LogP contribution in [0.25, 0.3) is 0 Å². The van der Waals surface area contributed by atoms with Crippen molar-refractivity contribution in [1.29, 1.82) is 0 Å². The minimum absolute atomic E-state index is 0.0114.